The molecule has 110 valence electrons. The van der Waals surface area contributed by atoms with E-state index in [9.17, 15) is 10.1 Å². The number of nitro groups is 1. The van der Waals surface area contributed by atoms with Crippen LogP contribution in [0.3, 0.4) is 0 Å². The first-order valence-corrected chi connectivity index (χ1v) is 8.12. The number of nitrogens with zero attached hydrogens (tertiary/aromatic N) is 2. The molecule has 1 aromatic carbocycles. The molecular weight excluding hydrogens is 369 g/mol. The minimum Gasteiger partial charge on any atom is -0.370 e. The van der Waals surface area contributed by atoms with E-state index in [1.165, 1.54) is 19.3 Å². The number of anilines is 1. The molecule has 1 aliphatic rings. The SMILES string of the molecule is CCN(CC1CCCCN1)c1ccc([N+](=O)[O-])c(I)c1. The Labute approximate surface area is 133 Å². The van der Waals surface area contributed by atoms with Crippen LogP contribution < -0.4 is 10.2 Å². The minimum absolute atomic E-state index is 0.182. The van der Waals surface area contributed by atoms with Gasteiger partial charge < -0.3 is 10.2 Å². The van der Waals surface area contributed by atoms with Crippen LogP contribution in [0.5, 0.6) is 0 Å². The number of hydrogen-bond donors (Lipinski definition) is 1. The molecule has 5 nitrogen and oxygen atoms in total. The van der Waals surface area contributed by atoms with Gasteiger partial charge in [-0.1, -0.05) is 6.42 Å². The number of hydrogen-bond acceptors (Lipinski definition) is 4. The fourth-order valence-corrected chi connectivity index (χ4v) is 3.30. The molecule has 1 heterocycles. The topological polar surface area (TPSA) is 58.4 Å². The van der Waals surface area contributed by atoms with Crippen LogP contribution in [0.2, 0.25) is 0 Å². The van der Waals surface area contributed by atoms with Gasteiger partial charge in [0.05, 0.1) is 8.49 Å². The smallest absolute Gasteiger partial charge is 0.282 e. The molecule has 1 N–H and O–H groups in total. The van der Waals surface area contributed by atoms with Crippen molar-refractivity contribution in [3.8, 4) is 0 Å². The summed E-state index contributed by atoms with van der Waals surface area (Å²) in [4.78, 5) is 12.8. The summed E-state index contributed by atoms with van der Waals surface area (Å²) in [6, 6.07) is 5.89. The predicted molar refractivity (Wildman–Crippen MR) is 89.3 cm³/mol. The second-order valence-electron chi connectivity index (χ2n) is 5.08. The van der Waals surface area contributed by atoms with E-state index in [1.54, 1.807) is 6.07 Å². The van der Waals surface area contributed by atoms with Crippen molar-refractivity contribution in [2.45, 2.75) is 32.2 Å². The fourth-order valence-electron chi connectivity index (χ4n) is 2.60. The van der Waals surface area contributed by atoms with Crippen molar-refractivity contribution < 1.29 is 4.92 Å². The van der Waals surface area contributed by atoms with E-state index in [0.717, 1.165) is 25.3 Å². The normalized spacial score (nSPS) is 18.8. The Balaban J connectivity index is 2.10. The summed E-state index contributed by atoms with van der Waals surface area (Å²) in [6.45, 7) is 5.09. The van der Waals surface area contributed by atoms with Gasteiger partial charge in [-0.3, -0.25) is 10.1 Å². The number of rotatable bonds is 5. The van der Waals surface area contributed by atoms with Crippen LogP contribution in [0.25, 0.3) is 0 Å². The second-order valence-corrected chi connectivity index (χ2v) is 6.24. The highest BCUT2D eigenvalue weighted by Gasteiger charge is 2.18. The first kappa shape index (κ1) is 15.5. The van der Waals surface area contributed by atoms with Gasteiger partial charge in [-0.25, -0.2) is 0 Å². The maximum atomic E-state index is 10.9. The molecule has 1 aromatic rings. The third-order valence-electron chi connectivity index (χ3n) is 3.73. The number of nitro benzene ring substituents is 1. The molecule has 1 atom stereocenters. The number of benzene rings is 1. The molecule has 0 aromatic heterocycles. The van der Waals surface area contributed by atoms with Gasteiger partial charge in [0.2, 0.25) is 0 Å². The molecule has 0 saturated carbocycles. The highest BCUT2D eigenvalue weighted by Crippen LogP contribution is 2.26. The minimum atomic E-state index is -0.329. The lowest BCUT2D eigenvalue weighted by atomic mass is 10.0. The lowest BCUT2D eigenvalue weighted by Crippen LogP contribution is -2.43. The zero-order valence-electron chi connectivity index (χ0n) is 11.6. The van der Waals surface area contributed by atoms with Gasteiger partial charge in [-0.15, -0.1) is 0 Å². The van der Waals surface area contributed by atoms with E-state index in [2.05, 4.69) is 17.1 Å². The van der Waals surface area contributed by atoms with Crippen LogP contribution >= 0.6 is 22.6 Å². The fraction of sp³-hybridized carbons (Fsp3) is 0.571. The summed E-state index contributed by atoms with van der Waals surface area (Å²) >= 11 is 2.04. The van der Waals surface area contributed by atoms with Gasteiger partial charge in [0, 0.05) is 30.9 Å². The first-order valence-electron chi connectivity index (χ1n) is 7.04. The van der Waals surface area contributed by atoms with Crippen molar-refractivity contribution in [2.24, 2.45) is 0 Å². The van der Waals surface area contributed by atoms with Crippen molar-refractivity contribution in [3.05, 3.63) is 31.9 Å². The summed E-state index contributed by atoms with van der Waals surface area (Å²) in [5, 5.41) is 14.4. The van der Waals surface area contributed by atoms with Crippen LogP contribution in [0.4, 0.5) is 11.4 Å². The van der Waals surface area contributed by atoms with Crippen LogP contribution in [0.15, 0.2) is 18.2 Å². The molecule has 0 amide bonds. The van der Waals surface area contributed by atoms with Gasteiger partial charge in [0.25, 0.3) is 5.69 Å². The molecule has 1 unspecified atom stereocenters. The molecule has 1 saturated heterocycles. The summed E-state index contributed by atoms with van der Waals surface area (Å²) in [5.74, 6) is 0. The summed E-state index contributed by atoms with van der Waals surface area (Å²) in [6.07, 6.45) is 3.76. The van der Waals surface area contributed by atoms with E-state index in [4.69, 9.17) is 0 Å². The Morgan fingerprint density at radius 3 is 2.85 bits per heavy atom. The lowest BCUT2D eigenvalue weighted by Gasteiger charge is -2.31. The van der Waals surface area contributed by atoms with Gasteiger partial charge in [-0.2, -0.15) is 0 Å². The number of nitrogens with one attached hydrogen (secondary N) is 1. The third kappa shape index (κ3) is 3.82. The summed E-state index contributed by atoms with van der Waals surface area (Å²) in [5.41, 5.74) is 1.25. The Hall–Kier alpha value is -0.890. The Kier molecular flexibility index (Phi) is 5.59. The van der Waals surface area contributed by atoms with Gasteiger partial charge >= 0.3 is 0 Å². The second kappa shape index (κ2) is 7.21. The highest BCUT2D eigenvalue weighted by atomic mass is 127. The molecule has 1 aliphatic heterocycles. The van der Waals surface area contributed by atoms with Crippen molar-refractivity contribution >= 4 is 34.0 Å². The first-order chi connectivity index (χ1) is 9.61. The van der Waals surface area contributed by atoms with Crippen LogP contribution in [0, 0.1) is 13.7 Å². The van der Waals surface area contributed by atoms with Crippen molar-refractivity contribution in [1.29, 1.82) is 0 Å². The number of likely N-dealkylation sites (N-methyl/N-ethyl adjacent to an activating group) is 1. The maximum absolute atomic E-state index is 10.9. The lowest BCUT2D eigenvalue weighted by molar-refractivity contribution is -0.385. The summed E-state index contributed by atoms with van der Waals surface area (Å²) < 4.78 is 0.695. The largest absolute Gasteiger partial charge is 0.370 e. The van der Waals surface area contributed by atoms with E-state index < -0.39 is 0 Å². The number of piperidine rings is 1. The van der Waals surface area contributed by atoms with Crippen LogP contribution in [-0.4, -0.2) is 30.6 Å². The standard InChI is InChI=1S/C14H20IN3O2/c1-2-17(10-11-5-3-4-8-16-11)12-6-7-14(18(19)20)13(15)9-12/h6-7,9,11,16H,2-5,8,10H2,1H3. The van der Waals surface area contributed by atoms with Crippen LogP contribution in [0.1, 0.15) is 26.2 Å². The predicted octanol–water partition coefficient (Wildman–Crippen LogP) is 3.17. The van der Waals surface area contributed by atoms with Crippen molar-refractivity contribution in [2.75, 3.05) is 24.5 Å². The molecule has 0 radical (unpaired) electrons. The molecule has 0 aliphatic carbocycles. The number of halogens is 1. The zero-order valence-corrected chi connectivity index (χ0v) is 13.8. The van der Waals surface area contributed by atoms with Gasteiger partial charge in [0.1, 0.15) is 0 Å². The zero-order chi connectivity index (χ0) is 14.5. The monoisotopic (exact) mass is 389 g/mol. The molecule has 1 fully saturated rings. The highest BCUT2D eigenvalue weighted by molar-refractivity contribution is 14.1. The van der Waals surface area contributed by atoms with E-state index in [-0.39, 0.29) is 10.6 Å². The van der Waals surface area contributed by atoms with E-state index in [1.807, 2.05) is 34.7 Å². The molecule has 0 spiro atoms. The van der Waals surface area contributed by atoms with Gasteiger partial charge in [-0.05, 0) is 61.0 Å². The molecule has 20 heavy (non-hydrogen) atoms. The Morgan fingerprint density at radius 1 is 1.50 bits per heavy atom. The average molecular weight is 389 g/mol. The molecule has 2 rings (SSSR count). The maximum Gasteiger partial charge on any atom is 0.282 e. The Bertz CT molecular complexity index is 475. The van der Waals surface area contributed by atoms with Gasteiger partial charge in [0.15, 0.2) is 0 Å². The molecule has 0 bridgehead atoms. The van der Waals surface area contributed by atoms with Crippen molar-refractivity contribution in [1.82, 2.24) is 5.32 Å². The molecule has 6 heteroatoms. The molecular formula is C14H20IN3O2. The Morgan fingerprint density at radius 2 is 2.30 bits per heavy atom. The quantitative estimate of drug-likeness (QED) is 0.478. The van der Waals surface area contributed by atoms with E-state index >= 15 is 0 Å². The van der Waals surface area contributed by atoms with E-state index in [0.29, 0.717) is 9.61 Å². The van der Waals surface area contributed by atoms with Crippen LogP contribution in [-0.2, 0) is 0 Å². The summed E-state index contributed by atoms with van der Waals surface area (Å²) in [7, 11) is 0. The third-order valence-corrected chi connectivity index (χ3v) is 4.59. The average Bonchev–Trinajstić information content (AvgIpc) is 2.45. The van der Waals surface area contributed by atoms with Crippen molar-refractivity contribution in [3.63, 3.8) is 0 Å².